The highest BCUT2D eigenvalue weighted by atomic mass is 16.5. The van der Waals surface area contributed by atoms with Crippen molar-refractivity contribution in [1.82, 2.24) is 4.90 Å². The van der Waals surface area contributed by atoms with Gasteiger partial charge in [0.15, 0.2) is 0 Å². The van der Waals surface area contributed by atoms with E-state index in [0.29, 0.717) is 25.2 Å². The predicted molar refractivity (Wildman–Crippen MR) is 90.5 cm³/mol. The first kappa shape index (κ1) is 18.9. The third-order valence-electron chi connectivity index (χ3n) is 3.71. The summed E-state index contributed by atoms with van der Waals surface area (Å²) in [6, 6.07) is 8.79. The maximum absolute atomic E-state index is 10.2. The average molecular weight is 309 g/mol. The van der Waals surface area contributed by atoms with Crippen molar-refractivity contribution in [2.45, 2.75) is 52.3 Å². The van der Waals surface area contributed by atoms with Gasteiger partial charge in [-0.1, -0.05) is 12.1 Å². The fourth-order valence-corrected chi connectivity index (χ4v) is 2.48. The number of aliphatic hydroxyl groups excluding tert-OH is 1. The number of methoxy groups -OCH3 is 1. The number of ether oxygens (including phenoxy) is 2. The Morgan fingerprint density at radius 2 is 1.64 bits per heavy atom. The van der Waals surface area contributed by atoms with E-state index in [1.807, 2.05) is 24.3 Å². The lowest BCUT2D eigenvalue weighted by Crippen LogP contribution is -2.43. The molecular weight excluding hydrogens is 278 g/mol. The molecule has 0 aliphatic carbocycles. The monoisotopic (exact) mass is 309 g/mol. The second kappa shape index (κ2) is 9.82. The van der Waals surface area contributed by atoms with Crippen LogP contribution in [0.15, 0.2) is 24.3 Å². The van der Waals surface area contributed by atoms with Gasteiger partial charge in [-0.25, -0.2) is 0 Å². The largest absolute Gasteiger partial charge is 0.491 e. The molecule has 22 heavy (non-hydrogen) atoms. The highest BCUT2D eigenvalue weighted by molar-refractivity contribution is 5.27. The summed E-state index contributed by atoms with van der Waals surface area (Å²) in [4.78, 5) is 2.27. The Morgan fingerprint density at radius 3 is 2.14 bits per heavy atom. The number of benzene rings is 1. The fraction of sp³-hybridized carbons (Fsp3) is 0.667. The molecule has 1 rings (SSSR count). The summed E-state index contributed by atoms with van der Waals surface area (Å²) in [5.74, 6) is 0.792. The van der Waals surface area contributed by atoms with E-state index >= 15 is 0 Å². The van der Waals surface area contributed by atoms with E-state index in [4.69, 9.17) is 9.47 Å². The molecule has 1 unspecified atom stereocenters. The molecule has 0 bridgehead atoms. The van der Waals surface area contributed by atoms with Gasteiger partial charge in [-0.3, -0.25) is 4.90 Å². The predicted octanol–water partition coefficient (Wildman–Crippen LogP) is 2.73. The minimum Gasteiger partial charge on any atom is -0.491 e. The molecule has 0 aliphatic heterocycles. The van der Waals surface area contributed by atoms with Crippen LogP contribution in [0.4, 0.5) is 0 Å². The van der Waals surface area contributed by atoms with Crippen LogP contribution in [0.1, 0.15) is 33.3 Å². The molecule has 0 fully saturated rings. The lowest BCUT2D eigenvalue weighted by atomic mass is 10.1. The lowest BCUT2D eigenvalue weighted by molar-refractivity contribution is 0.0445. The van der Waals surface area contributed by atoms with Gasteiger partial charge in [0.25, 0.3) is 0 Å². The standard InChI is InChI=1S/C18H31NO3/c1-14(2)19(15(3)4)12-17(20)13-22-18-8-6-16(7-9-18)10-11-21-5/h6-9,14-15,17,20H,10-13H2,1-5H3. The topological polar surface area (TPSA) is 41.9 Å². The van der Waals surface area contributed by atoms with Crippen molar-refractivity contribution in [3.63, 3.8) is 0 Å². The zero-order chi connectivity index (χ0) is 16.5. The van der Waals surface area contributed by atoms with Crippen LogP contribution in [-0.2, 0) is 11.2 Å². The summed E-state index contributed by atoms with van der Waals surface area (Å²) in [5, 5.41) is 10.2. The minimum atomic E-state index is -0.488. The third-order valence-corrected chi connectivity index (χ3v) is 3.71. The second-order valence-corrected chi connectivity index (χ2v) is 6.24. The van der Waals surface area contributed by atoms with Gasteiger partial charge in [0, 0.05) is 25.7 Å². The number of hydrogen-bond acceptors (Lipinski definition) is 4. The molecule has 4 nitrogen and oxygen atoms in total. The van der Waals surface area contributed by atoms with E-state index in [1.54, 1.807) is 7.11 Å². The van der Waals surface area contributed by atoms with Crippen LogP contribution < -0.4 is 4.74 Å². The molecule has 126 valence electrons. The van der Waals surface area contributed by atoms with Crippen LogP contribution >= 0.6 is 0 Å². The molecule has 1 atom stereocenters. The van der Waals surface area contributed by atoms with Crippen LogP contribution in [0.2, 0.25) is 0 Å². The maximum atomic E-state index is 10.2. The molecule has 1 N–H and O–H groups in total. The van der Waals surface area contributed by atoms with Gasteiger partial charge in [0.2, 0.25) is 0 Å². The first-order valence-electron chi connectivity index (χ1n) is 8.08. The molecule has 0 radical (unpaired) electrons. The highest BCUT2D eigenvalue weighted by Gasteiger charge is 2.17. The van der Waals surface area contributed by atoms with Crippen molar-refractivity contribution in [2.24, 2.45) is 0 Å². The van der Waals surface area contributed by atoms with Gasteiger partial charge < -0.3 is 14.6 Å². The summed E-state index contributed by atoms with van der Waals surface area (Å²) in [6.07, 6.45) is 0.412. The number of hydrogen-bond donors (Lipinski definition) is 1. The number of rotatable bonds is 10. The number of aliphatic hydroxyl groups is 1. The van der Waals surface area contributed by atoms with Gasteiger partial charge >= 0.3 is 0 Å². The van der Waals surface area contributed by atoms with Crippen LogP contribution in [0.25, 0.3) is 0 Å². The zero-order valence-electron chi connectivity index (χ0n) is 14.6. The Morgan fingerprint density at radius 1 is 1.05 bits per heavy atom. The van der Waals surface area contributed by atoms with E-state index in [-0.39, 0.29) is 0 Å². The molecule has 0 saturated heterocycles. The molecule has 0 heterocycles. The van der Waals surface area contributed by atoms with E-state index in [2.05, 4.69) is 32.6 Å². The van der Waals surface area contributed by atoms with Crippen LogP contribution in [0, 0.1) is 0 Å². The van der Waals surface area contributed by atoms with Crippen LogP contribution in [0.3, 0.4) is 0 Å². The summed E-state index contributed by atoms with van der Waals surface area (Å²) in [6.45, 7) is 10.2. The van der Waals surface area contributed by atoms with Crippen molar-refractivity contribution in [2.75, 3.05) is 26.9 Å². The van der Waals surface area contributed by atoms with E-state index in [1.165, 1.54) is 5.56 Å². The summed E-state index contributed by atoms with van der Waals surface area (Å²) < 4.78 is 10.7. The molecule has 4 heteroatoms. The smallest absolute Gasteiger partial charge is 0.119 e. The van der Waals surface area contributed by atoms with Gasteiger partial charge in [-0.05, 0) is 51.8 Å². The van der Waals surface area contributed by atoms with Crippen molar-refractivity contribution in [3.05, 3.63) is 29.8 Å². The molecule has 0 saturated carbocycles. The third kappa shape index (κ3) is 6.77. The Balaban J connectivity index is 2.41. The molecule has 0 aromatic heterocycles. The summed E-state index contributed by atoms with van der Waals surface area (Å²) in [7, 11) is 1.70. The van der Waals surface area contributed by atoms with E-state index in [9.17, 15) is 5.11 Å². The van der Waals surface area contributed by atoms with Crippen molar-refractivity contribution >= 4 is 0 Å². The molecule has 0 aliphatic rings. The molecule has 0 amide bonds. The SMILES string of the molecule is COCCc1ccc(OCC(O)CN(C(C)C)C(C)C)cc1. The van der Waals surface area contributed by atoms with Crippen molar-refractivity contribution < 1.29 is 14.6 Å². The molecule has 1 aromatic rings. The van der Waals surface area contributed by atoms with Gasteiger partial charge in [0.1, 0.15) is 18.5 Å². The summed E-state index contributed by atoms with van der Waals surface area (Å²) in [5.41, 5.74) is 1.22. The van der Waals surface area contributed by atoms with Crippen LogP contribution in [0.5, 0.6) is 5.75 Å². The average Bonchev–Trinajstić information content (AvgIpc) is 2.49. The fourth-order valence-electron chi connectivity index (χ4n) is 2.48. The minimum absolute atomic E-state index is 0.313. The maximum Gasteiger partial charge on any atom is 0.119 e. The quantitative estimate of drug-likeness (QED) is 0.721. The Labute approximate surface area is 135 Å². The normalized spacial score (nSPS) is 13.1. The second-order valence-electron chi connectivity index (χ2n) is 6.24. The number of nitrogens with zero attached hydrogens (tertiary/aromatic N) is 1. The zero-order valence-corrected chi connectivity index (χ0v) is 14.6. The van der Waals surface area contributed by atoms with Crippen molar-refractivity contribution in [1.29, 1.82) is 0 Å². The Hall–Kier alpha value is -1.10. The Kier molecular flexibility index (Phi) is 8.46. The van der Waals surface area contributed by atoms with Crippen LogP contribution in [-0.4, -0.2) is 55.1 Å². The van der Waals surface area contributed by atoms with E-state index in [0.717, 1.165) is 18.8 Å². The van der Waals surface area contributed by atoms with Gasteiger partial charge in [-0.15, -0.1) is 0 Å². The van der Waals surface area contributed by atoms with Crippen molar-refractivity contribution in [3.8, 4) is 5.75 Å². The molecular formula is C18H31NO3. The first-order chi connectivity index (χ1) is 10.4. The van der Waals surface area contributed by atoms with Gasteiger partial charge in [-0.2, -0.15) is 0 Å². The highest BCUT2D eigenvalue weighted by Crippen LogP contribution is 2.13. The lowest BCUT2D eigenvalue weighted by Gasteiger charge is -2.32. The summed E-state index contributed by atoms with van der Waals surface area (Å²) >= 11 is 0. The van der Waals surface area contributed by atoms with E-state index < -0.39 is 6.10 Å². The van der Waals surface area contributed by atoms with Gasteiger partial charge in [0.05, 0.1) is 6.61 Å². The molecule has 1 aromatic carbocycles. The Bertz CT molecular complexity index is 395. The first-order valence-corrected chi connectivity index (χ1v) is 8.08. The molecule has 0 spiro atoms.